The number of hydrogen-bond acceptors (Lipinski definition) is 4. The van der Waals surface area contributed by atoms with Crippen molar-refractivity contribution in [2.24, 2.45) is 0 Å². The van der Waals surface area contributed by atoms with Crippen molar-refractivity contribution in [3.63, 3.8) is 0 Å². The topological polar surface area (TPSA) is 95.7 Å². The fourth-order valence-corrected chi connectivity index (χ4v) is 2.78. The average molecular weight is 361 g/mol. The Morgan fingerprint density at radius 2 is 1.89 bits per heavy atom. The Kier molecular flexibility index (Phi) is 4.33. The summed E-state index contributed by atoms with van der Waals surface area (Å²) in [7, 11) is 0. The number of carbonyl (C=O) groups excluding carboxylic acids is 1. The van der Waals surface area contributed by atoms with Crippen LogP contribution < -0.4 is 10.1 Å². The maximum atomic E-state index is 12.6. The first-order valence-electron chi connectivity index (χ1n) is 8.67. The van der Waals surface area contributed by atoms with Gasteiger partial charge in [-0.05, 0) is 50.2 Å². The third-order valence-electron chi connectivity index (χ3n) is 3.99. The Morgan fingerprint density at radius 3 is 2.63 bits per heavy atom. The SMILES string of the molecule is CC(C)Oc1ccc(C(=O)Nc2c[nH]nc2-c2nc3ccccc3[nH]2)cc1. The van der Waals surface area contributed by atoms with Crippen molar-refractivity contribution < 1.29 is 9.53 Å². The summed E-state index contributed by atoms with van der Waals surface area (Å²) in [5.74, 6) is 1.09. The smallest absolute Gasteiger partial charge is 0.255 e. The summed E-state index contributed by atoms with van der Waals surface area (Å²) in [5, 5.41) is 9.88. The third kappa shape index (κ3) is 3.52. The molecule has 7 heteroatoms. The number of H-pyrrole nitrogens is 2. The van der Waals surface area contributed by atoms with Crippen LogP contribution in [0.3, 0.4) is 0 Å². The maximum Gasteiger partial charge on any atom is 0.255 e. The van der Waals surface area contributed by atoms with Gasteiger partial charge in [0, 0.05) is 11.8 Å². The number of benzene rings is 2. The van der Waals surface area contributed by atoms with Crippen LogP contribution in [0.5, 0.6) is 5.75 Å². The lowest BCUT2D eigenvalue weighted by molar-refractivity contribution is 0.102. The van der Waals surface area contributed by atoms with E-state index in [9.17, 15) is 4.79 Å². The highest BCUT2D eigenvalue weighted by molar-refractivity contribution is 6.05. The normalized spacial score (nSPS) is 11.1. The van der Waals surface area contributed by atoms with E-state index in [1.807, 2.05) is 38.1 Å². The van der Waals surface area contributed by atoms with Gasteiger partial charge in [0.15, 0.2) is 11.5 Å². The van der Waals surface area contributed by atoms with Gasteiger partial charge >= 0.3 is 0 Å². The molecule has 1 amide bonds. The number of aromatic nitrogens is 4. The van der Waals surface area contributed by atoms with E-state index in [1.54, 1.807) is 30.5 Å². The zero-order valence-corrected chi connectivity index (χ0v) is 15.0. The Balaban J connectivity index is 1.55. The highest BCUT2D eigenvalue weighted by Gasteiger charge is 2.16. The van der Waals surface area contributed by atoms with E-state index < -0.39 is 0 Å². The molecule has 27 heavy (non-hydrogen) atoms. The first-order chi connectivity index (χ1) is 13.1. The Hall–Kier alpha value is -3.61. The predicted octanol–water partition coefficient (Wildman–Crippen LogP) is 3.99. The van der Waals surface area contributed by atoms with E-state index in [0.29, 0.717) is 22.8 Å². The molecule has 0 atom stereocenters. The minimum atomic E-state index is -0.232. The van der Waals surface area contributed by atoms with Gasteiger partial charge in [0.25, 0.3) is 5.91 Å². The molecule has 2 heterocycles. The summed E-state index contributed by atoms with van der Waals surface area (Å²) in [4.78, 5) is 20.3. The van der Waals surface area contributed by atoms with Gasteiger partial charge in [-0.3, -0.25) is 9.89 Å². The molecule has 0 saturated carbocycles. The highest BCUT2D eigenvalue weighted by atomic mass is 16.5. The fraction of sp³-hybridized carbons (Fsp3) is 0.150. The van der Waals surface area contributed by atoms with Gasteiger partial charge in [0.05, 0.1) is 22.8 Å². The zero-order valence-electron chi connectivity index (χ0n) is 15.0. The second-order valence-electron chi connectivity index (χ2n) is 6.40. The first kappa shape index (κ1) is 16.8. The molecule has 0 spiro atoms. The largest absolute Gasteiger partial charge is 0.491 e. The number of ether oxygens (including phenoxy) is 1. The number of carbonyl (C=O) groups is 1. The second-order valence-corrected chi connectivity index (χ2v) is 6.40. The lowest BCUT2D eigenvalue weighted by atomic mass is 10.2. The average Bonchev–Trinajstić information content (AvgIpc) is 3.27. The highest BCUT2D eigenvalue weighted by Crippen LogP contribution is 2.26. The van der Waals surface area contributed by atoms with E-state index in [1.165, 1.54) is 0 Å². The van der Waals surface area contributed by atoms with Crippen molar-refractivity contribution in [3.05, 3.63) is 60.3 Å². The lowest BCUT2D eigenvalue weighted by Crippen LogP contribution is -2.12. The van der Waals surface area contributed by atoms with Crippen LogP contribution in [0.15, 0.2) is 54.7 Å². The molecule has 0 fully saturated rings. The number of fused-ring (bicyclic) bond motifs is 1. The molecule has 2 aromatic carbocycles. The molecule has 0 saturated heterocycles. The predicted molar refractivity (Wildman–Crippen MR) is 104 cm³/mol. The first-order valence-corrected chi connectivity index (χ1v) is 8.67. The van der Waals surface area contributed by atoms with Crippen molar-refractivity contribution in [1.82, 2.24) is 20.2 Å². The molecular weight excluding hydrogens is 342 g/mol. The van der Waals surface area contributed by atoms with Gasteiger partial charge in [-0.25, -0.2) is 4.98 Å². The molecule has 3 N–H and O–H groups in total. The minimum Gasteiger partial charge on any atom is -0.491 e. The molecule has 7 nitrogen and oxygen atoms in total. The summed E-state index contributed by atoms with van der Waals surface area (Å²) in [6.45, 7) is 3.91. The standard InChI is InChI=1S/C20H19N5O2/c1-12(2)27-14-9-7-13(8-10-14)20(26)24-17-11-21-25-18(17)19-22-15-5-3-4-6-16(15)23-19/h3-12H,1-2H3,(H,21,25)(H,22,23)(H,24,26). The van der Waals surface area contributed by atoms with Crippen molar-refractivity contribution in [2.75, 3.05) is 5.32 Å². The summed E-state index contributed by atoms with van der Waals surface area (Å²) in [6, 6.07) is 14.7. The molecule has 136 valence electrons. The van der Waals surface area contributed by atoms with Crippen molar-refractivity contribution >= 4 is 22.6 Å². The maximum absolute atomic E-state index is 12.6. The number of amides is 1. The molecule has 4 rings (SSSR count). The molecule has 2 aromatic heterocycles. The minimum absolute atomic E-state index is 0.0852. The number of anilines is 1. The fourth-order valence-electron chi connectivity index (χ4n) is 2.78. The van der Waals surface area contributed by atoms with E-state index in [0.717, 1.165) is 16.8 Å². The van der Waals surface area contributed by atoms with E-state index in [2.05, 4.69) is 25.5 Å². The number of hydrogen-bond donors (Lipinski definition) is 3. The van der Waals surface area contributed by atoms with Crippen molar-refractivity contribution in [3.8, 4) is 17.3 Å². The molecule has 0 aliphatic rings. The quantitative estimate of drug-likeness (QED) is 0.501. The molecule has 0 aliphatic heterocycles. The number of rotatable bonds is 5. The Morgan fingerprint density at radius 1 is 1.11 bits per heavy atom. The zero-order chi connectivity index (χ0) is 18.8. The Bertz CT molecular complexity index is 1050. The van der Waals surface area contributed by atoms with Crippen LogP contribution in [0.25, 0.3) is 22.6 Å². The van der Waals surface area contributed by atoms with Crippen LogP contribution in [0, 0.1) is 0 Å². The third-order valence-corrected chi connectivity index (χ3v) is 3.99. The van der Waals surface area contributed by atoms with Gasteiger partial charge < -0.3 is 15.0 Å². The van der Waals surface area contributed by atoms with Crippen LogP contribution in [-0.4, -0.2) is 32.2 Å². The van der Waals surface area contributed by atoms with E-state index >= 15 is 0 Å². The molecule has 0 aliphatic carbocycles. The number of nitrogens with zero attached hydrogens (tertiary/aromatic N) is 2. The summed E-state index contributed by atoms with van der Waals surface area (Å²) >= 11 is 0. The summed E-state index contributed by atoms with van der Waals surface area (Å²) < 4.78 is 5.60. The lowest BCUT2D eigenvalue weighted by Gasteiger charge is -2.10. The van der Waals surface area contributed by atoms with Crippen molar-refractivity contribution in [2.45, 2.75) is 20.0 Å². The second kappa shape index (κ2) is 6.95. The number of imidazole rings is 1. The van der Waals surface area contributed by atoms with Gasteiger partial charge in [-0.1, -0.05) is 12.1 Å². The molecule has 0 bridgehead atoms. The van der Waals surface area contributed by atoms with Crippen LogP contribution in [0.2, 0.25) is 0 Å². The van der Waals surface area contributed by atoms with Crippen LogP contribution in [0.1, 0.15) is 24.2 Å². The number of aromatic amines is 2. The number of nitrogens with one attached hydrogen (secondary N) is 3. The van der Waals surface area contributed by atoms with Gasteiger partial charge in [0.1, 0.15) is 5.75 Å². The summed E-state index contributed by atoms with van der Waals surface area (Å²) in [6.07, 6.45) is 1.72. The van der Waals surface area contributed by atoms with E-state index in [4.69, 9.17) is 4.74 Å². The molecule has 0 radical (unpaired) electrons. The van der Waals surface area contributed by atoms with Crippen molar-refractivity contribution in [1.29, 1.82) is 0 Å². The van der Waals surface area contributed by atoms with Crippen LogP contribution in [-0.2, 0) is 0 Å². The summed E-state index contributed by atoms with van der Waals surface area (Å²) in [5.41, 5.74) is 3.39. The van der Waals surface area contributed by atoms with E-state index in [-0.39, 0.29) is 12.0 Å². The molecular formula is C20H19N5O2. The van der Waals surface area contributed by atoms with Gasteiger partial charge in [-0.2, -0.15) is 5.10 Å². The molecule has 0 unspecified atom stereocenters. The monoisotopic (exact) mass is 361 g/mol. The van der Waals surface area contributed by atoms with Crippen LogP contribution >= 0.6 is 0 Å². The van der Waals surface area contributed by atoms with Crippen LogP contribution in [0.4, 0.5) is 5.69 Å². The van der Waals surface area contributed by atoms with Gasteiger partial charge in [-0.15, -0.1) is 0 Å². The van der Waals surface area contributed by atoms with Gasteiger partial charge in [0.2, 0.25) is 0 Å². The Labute approximate surface area is 155 Å². The molecule has 4 aromatic rings. The number of para-hydroxylation sites is 2.